The Kier molecular flexibility index (Phi) is 4.53. The van der Waals surface area contributed by atoms with Crippen LogP contribution in [0.25, 0.3) is 0 Å². The predicted molar refractivity (Wildman–Crippen MR) is 76.7 cm³/mol. The highest BCUT2D eigenvalue weighted by atomic mass is 32.2. The van der Waals surface area contributed by atoms with Crippen molar-refractivity contribution in [3.8, 4) is 0 Å². The van der Waals surface area contributed by atoms with Gasteiger partial charge in [-0.05, 0) is 42.9 Å². The largest absolute Gasteiger partial charge is 0.388 e. The van der Waals surface area contributed by atoms with Crippen LogP contribution in [0.2, 0.25) is 0 Å². The maximum Gasteiger partial charge on any atom is 0.240 e. The fourth-order valence-corrected chi connectivity index (χ4v) is 4.28. The van der Waals surface area contributed by atoms with Gasteiger partial charge in [-0.15, -0.1) is 0 Å². The Balaban J connectivity index is 2.00. The molecule has 1 saturated heterocycles. The van der Waals surface area contributed by atoms with Gasteiger partial charge in [0, 0.05) is 24.5 Å². The highest BCUT2D eigenvalue weighted by Crippen LogP contribution is 2.25. The van der Waals surface area contributed by atoms with Crippen molar-refractivity contribution in [2.75, 3.05) is 24.7 Å². The van der Waals surface area contributed by atoms with Crippen molar-refractivity contribution in [3.05, 3.63) is 24.3 Å². The van der Waals surface area contributed by atoms with Crippen LogP contribution >= 0.6 is 11.8 Å². The lowest BCUT2D eigenvalue weighted by Gasteiger charge is -2.11. The molecule has 18 heavy (non-hydrogen) atoms. The third-order valence-corrected chi connectivity index (χ3v) is 5.82. The molecule has 6 heteroatoms. The van der Waals surface area contributed by atoms with Crippen molar-refractivity contribution in [2.24, 2.45) is 0 Å². The first-order valence-corrected chi connectivity index (χ1v) is 8.54. The summed E-state index contributed by atoms with van der Waals surface area (Å²) in [6.45, 7) is 0.529. The van der Waals surface area contributed by atoms with Gasteiger partial charge >= 0.3 is 0 Å². The first-order chi connectivity index (χ1) is 8.62. The Morgan fingerprint density at radius 2 is 2.06 bits per heavy atom. The quantitative estimate of drug-likeness (QED) is 0.868. The third kappa shape index (κ3) is 3.40. The predicted octanol–water partition coefficient (Wildman–Crippen LogP) is 1.90. The van der Waals surface area contributed by atoms with Crippen molar-refractivity contribution < 1.29 is 8.42 Å². The van der Waals surface area contributed by atoms with E-state index in [4.69, 9.17) is 0 Å². The van der Waals surface area contributed by atoms with Gasteiger partial charge in [-0.25, -0.2) is 13.1 Å². The molecule has 2 rings (SSSR count). The van der Waals surface area contributed by atoms with Gasteiger partial charge < -0.3 is 5.32 Å². The van der Waals surface area contributed by atoms with Crippen LogP contribution in [-0.2, 0) is 10.0 Å². The van der Waals surface area contributed by atoms with Crippen LogP contribution in [0.1, 0.15) is 12.8 Å². The van der Waals surface area contributed by atoms with E-state index in [2.05, 4.69) is 10.0 Å². The SMILES string of the molecule is CNc1ccc(S(=O)(=O)NCC2CCCS2)cc1. The molecule has 0 saturated carbocycles. The van der Waals surface area contributed by atoms with Crippen molar-refractivity contribution >= 4 is 27.5 Å². The van der Waals surface area contributed by atoms with Crippen LogP contribution in [0, 0.1) is 0 Å². The van der Waals surface area contributed by atoms with Crippen LogP contribution in [-0.4, -0.2) is 33.0 Å². The standard InChI is InChI=1S/C12H18N2O2S2/c1-13-10-4-6-12(7-5-10)18(15,16)14-9-11-3-2-8-17-11/h4-7,11,13-14H,2-3,8-9H2,1H3. The van der Waals surface area contributed by atoms with E-state index in [1.165, 1.54) is 6.42 Å². The van der Waals surface area contributed by atoms with E-state index in [0.717, 1.165) is 17.9 Å². The van der Waals surface area contributed by atoms with Gasteiger partial charge in [-0.3, -0.25) is 0 Å². The Bertz CT molecular complexity index is 479. The minimum absolute atomic E-state index is 0.324. The van der Waals surface area contributed by atoms with Gasteiger partial charge in [-0.1, -0.05) is 0 Å². The zero-order valence-electron chi connectivity index (χ0n) is 10.3. The summed E-state index contributed by atoms with van der Waals surface area (Å²) in [4.78, 5) is 0.324. The molecule has 1 aliphatic rings. The third-order valence-electron chi connectivity index (χ3n) is 2.98. The highest BCUT2D eigenvalue weighted by Gasteiger charge is 2.19. The summed E-state index contributed by atoms with van der Waals surface area (Å²) in [6, 6.07) is 6.77. The fourth-order valence-electron chi connectivity index (χ4n) is 1.89. The number of thioether (sulfide) groups is 1. The summed E-state index contributed by atoms with van der Waals surface area (Å²) in [5.41, 5.74) is 0.903. The number of hydrogen-bond donors (Lipinski definition) is 2. The van der Waals surface area contributed by atoms with Gasteiger partial charge in [0.1, 0.15) is 0 Å². The zero-order valence-corrected chi connectivity index (χ0v) is 12.0. The molecule has 1 fully saturated rings. The van der Waals surface area contributed by atoms with E-state index in [1.54, 1.807) is 31.3 Å². The van der Waals surface area contributed by atoms with Crippen molar-refractivity contribution in [2.45, 2.75) is 23.0 Å². The molecule has 2 N–H and O–H groups in total. The molecule has 1 atom stereocenters. The summed E-state index contributed by atoms with van der Waals surface area (Å²) in [5, 5.41) is 3.39. The molecule has 0 radical (unpaired) electrons. The topological polar surface area (TPSA) is 58.2 Å². The lowest BCUT2D eigenvalue weighted by atomic mass is 10.2. The average molecular weight is 286 g/mol. The normalized spacial score (nSPS) is 19.9. The van der Waals surface area contributed by atoms with E-state index in [0.29, 0.717) is 16.7 Å². The summed E-state index contributed by atoms with van der Waals surface area (Å²) < 4.78 is 26.8. The average Bonchev–Trinajstić information content (AvgIpc) is 2.90. The summed E-state index contributed by atoms with van der Waals surface area (Å²) in [5.74, 6) is 1.14. The van der Waals surface area contributed by atoms with E-state index in [-0.39, 0.29) is 0 Å². The molecule has 0 spiro atoms. The van der Waals surface area contributed by atoms with Crippen LogP contribution in [0.4, 0.5) is 5.69 Å². The molecule has 1 aromatic carbocycles. The molecule has 1 aromatic rings. The molecule has 100 valence electrons. The molecule has 1 unspecified atom stereocenters. The summed E-state index contributed by atoms with van der Waals surface area (Å²) >= 11 is 1.85. The molecular weight excluding hydrogens is 268 g/mol. The maximum atomic E-state index is 12.0. The van der Waals surface area contributed by atoms with Gasteiger partial charge in [-0.2, -0.15) is 11.8 Å². The Morgan fingerprint density at radius 1 is 1.33 bits per heavy atom. The fraction of sp³-hybridized carbons (Fsp3) is 0.500. The van der Waals surface area contributed by atoms with Crippen LogP contribution in [0.15, 0.2) is 29.2 Å². The van der Waals surface area contributed by atoms with Gasteiger partial charge in [0.05, 0.1) is 4.90 Å². The summed E-state index contributed by atoms with van der Waals surface area (Å²) in [7, 11) is -1.56. The first-order valence-electron chi connectivity index (χ1n) is 6.01. The van der Waals surface area contributed by atoms with Crippen LogP contribution in [0.3, 0.4) is 0 Å². The maximum absolute atomic E-state index is 12.0. The number of benzene rings is 1. The number of rotatable bonds is 5. The first kappa shape index (κ1) is 13.7. The molecule has 0 bridgehead atoms. The molecular formula is C12H18N2O2S2. The molecule has 0 amide bonds. The minimum atomic E-state index is -3.36. The Labute approximate surface area is 113 Å². The van der Waals surface area contributed by atoms with E-state index < -0.39 is 10.0 Å². The molecule has 4 nitrogen and oxygen atoms in total. The second-order valence-electron chi connectivity index (χ2n) is 4.26. The number of nitrogens with one attached hydrogen (secondary N) is 2. The number of sulfonamides is 1. The number of anilines is 1. The van der Waals surface area contributed by atoms with Crippen molar-refractivity contribution in [1.29, 1.82) is 0 Å². The van der Waals surface area contributed by atoms with Gasteiger partial charge in [0.2, 0.25) is 10.0 Å². The Morgan fingerprint density at radius 3 is 2.61 bits per heavy atom. The van der Waals surface area contributed by atoms with Gasteiger partial charge in [0.25, 0.3) is 0 Å². The highest BCUT2D eigenvalue weighted by molar-refractivity contribution is 8.00. The second-order valence-corrected chi connectivity index (χ2v) is 7.44. The molecule has 0 aliphatic carbocycles. The van der Waals surface area contributed by atoms with Crippen LogP contribution < -0.4 is 10.0 Å². The number of hydrogen-bond acceptors (Lipinski definition) is 4. The molecule has 0 aromatic heterocycles. The monoisotopic (exact) mass is 286 g/mol. The smallest absolute Gasteiger partial charge is 0.240 e. The van der Waals surface area contributed by atoms with E-state index >= 15 is 0 Å². The van der Waals surface area contributed by atoms with E-state index in [9.17, 15) is 8.42 Å². The van der Waals surface area contributed by atoms with Gasteiger partial charge in [0.15, 0.2) is 0 Å². The second kappa shape index (κ2) is 5.95. The Hall–Kier alpha value is -0.720. The lowest BCUT2D eigenvalue weighted by Crippen LogP contribution is -2.29. The summed E-state index contributed by atoms with van der Waals surface area (Å²) in [6.07, 6.45) is 2.29. The molecule has 1 aliphatic heterocycles. The minimum Gasteiger partial charge on any atom is -0.388 e. The zero-order chi connectivity index (χ0) is 13.0. The van der Waals surface area contributed by atoms with Crippen molar-refractivity contribution in [1.82, 2.24) is 4.72 Å². The van der Waals surface area contributed by atoms with E-state index in [1.807, 2.05) is 11.8 Å². The van der Waals surface area contributed by atoms with Crippen molar-refractivity contribution in [3.63, 3.8) is 0 Å². The van der Waals surface area contributed by atoms with Crippen LogP contribution in [0.5, 0.6) is 0 Å². The molecule has 1 heterocycles. The lowest BCUT2D eigenvalue weighted by molar-refractivity contribution is 0.579.